The number of rotatable bonds is 1. The van der Waals surface area contributed by atoms with Gasteiger partial charge in [0.25, 0.3) is 0 Å². The standard InChI is InChI=1S/C11H10S/c1-8(2)10-4-3-9-5-6-12-11(9)7-10/h3-7H,1H2,2H3. The lowest BCUT2D eigenvalue weighted by Crippen LogP contribution is -1.74. The number of thiophene rings is 1. The second-order valence-corrected chi connectivity index (χ2v) is 3.90. The van der Waals surface area contributed by atoms with E-state index in [0.29, 0.717) is 0 Å². The Morgan fingerprint density at radius 2 is 2.17 bits per heavy atom. The van der Waals surface area contributed by atoms with Crippen molar-refractivity contribution in [2.45, 2.75) is 6.92 Å². The molecule has 12 heavy (non-hydrogen) atoms. The molecule has 0 saturated carbocycles. The maximum atomic E-state index is 3.92. The first-order valence-corrected chi connectivity index (χ1v) is 4.78. The van der Waals surface area contributed by atoms with Gasteiger partial charge in [0.2, 0.25) is 0 Å². The lowest BCUT2D eigenvalue weighted by molar-refractivity contribution is 1.64. The summed E-state index contributed by atoms with van der Waals surface area (Å²) < 4.78 is 1.34. The minimum atomic E-state index is 1.13. The molecular weight excluding hydrogens is 164 g/mol. The van der Waals surface area contributed by atoms with E-state index in [0.717, 1.165) is 5.57 Å². The van der Waals surface area contributed by atoms with Crippen LogP contribution < -0.4 is 0 Å². The Kier molecular flexibility index (Phi) is 1.74. The fraction of sp³-hybridized carbons (Fsp3) is 0.0909. The third-order valence-corrected chi connectivity index (χ3v) is 2.83. The van der Waals surface area contributed by atoms with E-state index in [1.54, 1.807) is 11.3 Å². The van der Waals surface area contributed by atoms with Gasteiger partial charge in [0, 0.05) is 4.70 Å². The molecule has 60 valence electrons. The summed E-state index contributed by atoms with van der Waals surface area (Å²) in [6, 6.07) is 8.61. The van der Waals surface area contributed by atoms with Gasteiger partial charge >= 0.3 is 0 Å². The fourth-order valence-corrected chi connectivity index (χ4v) is 2.05. The van der Waals surface area contributed by atoms with Crippen molar-refractivity contribution in [3.05, 3.63) is 41.8 Å². The summed E-state index contributed by atoms with van der Waals surface area (Å²) in [4.78, 5) is 0. The SMILES string of the molecule is C=C(C)c1ccc2ccsc2c1. The summed E-state index contributed by atoms with van der Waals surface area (Å²) in [6.45, 7) is 5.96. The summed E-state index contributed by atoms with van der Waals surface area (Å²) in [5.41, 5.74) is 2.37. The van der Waals surface area contributed by atoms with Crippen LogP contribution in [0.4, 0.5) is 0 Å². The smallest absolute Gasteiger partial charge is 0.0348 e. The predicted molar refractivity (Wildman–Crippen MR) is 56.5 cm³/mol. The van der Waals surface area contributed by atoms with Crippen LogP contribution in [0.15, 0.2) is 36.2 Å². The van der Waals surface area contributed by atoms with Gasteiger partial charge in [-0.15, -0.1) is 11.3 Å². The van der Waals surface area contributed by atoms with Crippen LogP contribution in [-0.4, -0.2) is 0 Å². The summed E-state index contributed by atoms with van der Waals surface area (Å²) in [7, 11) is 0. The van der Waals surface area contributed by atoms with E-state index in [2.05, 4.69) is 36.2 Å². The maximum absolute atomic E-state index is 3.92. The van der Waals surface area contributed by atoms with E-state index in [-0.39, 0.29) is 0 Å². The molecule has 0 saturated heterocycles. The quantitative estimate of drug-likeness (QED) is 0.614. The van der Waals surface area contributed by atoms with Crippen LogP contribution in [0.25, 0.3) is 15.7 Å². The molecule has 0 aliphatic carbocycles. The summed E-state index contributed by atoms with van der Waals surface area (Å²) >= 11 is 1.78. The van der Waals surface area contributed by atoms with Crippen LogP contribution >= 0.6 is 11.3 Å². The molecule has 0 N–H and O–H groups in total. The Labute approximate surface area is 76.2 Å². The second kappa shape index (κ2) is 2.76. The molecule has 0 fully saturated rings. The van der Waals surface area contributed by atoms with Crippen LogP contribution in [0.1, 0.15) is 12.5 Å². The molecule has 0 amide bonds. The van der Waals surface area contributed by atoms with E-state index in [4.69, 9.17) is 0 Å². The van der Waals surface area contributed by atoms with Crippen molar-refractivity contribution in [1.82, 2.24) is 0 Å². The van der Waals surface area contributed by atoms with Crippen molar-refractivity contribution in [1.29, 1.82) is 0 Å². The minimum absolute atomic E-state index is 1.13. The summed E-state index contributed by atoms with van der Waals surface area (Å²) in [6.07, 6.45) is 0. The second-order valence-electron chi connectivity index (χ2n) is 2.95. The van der Waals surface area contributed by atoms with Gasteiger partial charge in [-0.2, -0.15) is 0 Å². The van der Waals surface area contributed by atoms with Crippen molar-refractivity contribution in [3.63, 3.8) is 0 Å². The average Bonchev–Trinajstić information content (AvgIpc) is 2.49. The molecule has 0 aliphatic heterocycles. The molecule has 1 heterocycles. The van der Waals surface area contributed by atoms with Crippen LogP contribution in [0.2, 0.25) is 0 Å². The van der Waals surface area contributed by atoms with Crippen LogP contribution in [0, 0.1) is 0 Å². The molecule has 0 nitrogen and oxygen atoms in total. The highest BCUT2D eigenvalue weighted by atomic mass is 32.1. The van der Waals surface area contributed by atoms with Crippen molar-refractivity contribution in [2.24, 2.45) is 0 Å². The topological polar surface area (TPSA) is 0 Å². The van der Waals surface area contributed by atoms with Crippen molar-refractivity contribution in [3.8, 4) is 0 Å². The number of hydrogen-bond acceptors (Lipinski definition) is 1. The van der Waals surface area contributed by atoms with Gasteiger partial charge in [-0.1, -0.05) is 24.3 Å². The maximum Gasteiger partial charge on any atom is 0.0348 e. The zero-order chi connectivity index (χ0) is 8.55. The van der Waals surface area contributed by atoms with Gasteiger partial charge in [-0.05, 0) is 35.4 Å². The van der Waals surface area contributed by atoms with Gasteiger partial charge in [-0.25, -0.2) is 0 Å². The van der Waals surface area contributed by atoms with E-state index in [1.807, 2.05) is 6.92 Å². The lowest BCUT2D eigenvalue weighted by atomic mass is 10.1. The molecule has 0 radical (unpaired) electrons. The molecule has 1 heteroatoms. The van der Waals surface area contributed by atoms with E-state index >= 15 is 0 Å². The number of hydrogen-bond donors (Lipinski definition) is 0. The van der Waals surface area contributed by atoms with E-state index < -0.39 is 0 Å². The fourth-order valence-electron chi connectivity index (χ4n) is 1.22. The van der Waals surface area contributed by atoms with Crippen LogP contribution in [0.5, 0.6) is 0 Å². The molecular formula is C11H10S. The third-order valence-electron chi connectivity index (χ3n) is 1.95. The first kappa shape index (κ1) is 7.56. The minimum Gasteiger partial charge on any atom is -0.144 e. The molecule has 0 atom stereocenters. The Morgan fingerprint density at radius 3 is 2.92 bits per heavy atom. The molecule has 0 bridgehead atoms. The van der Waals surface area contributed by atoms with Crippen molar-refractivity contribution < 1.29 is 0 Å². The zero-order valence-electron chi connectivity index (χ0n) is 7.00. The summed E-state index contributed by atoms with van der Waals surface area (Å²) in [5, 5.41) is 3.44. The normalized spacial score (nSPS) is 10.4. The van der Waals surface area contributed by atoms with Gasteiger partial charge in [0.15, 0.2) is 0 Å². The molecule has 2 rings (SSSR count). The molecule has 2 aromatic rings. The summed E-state index contributed by atoms with van der Waals surface area (Å²) in [5.74, 6) is 0. The van der Waals surface area contributed by atoms with E-state index in [1.165, 1.54) is 15.6 Å². The number of benzene rings is 1. The molecule has 1 aromatic carbocycles. The Balaban J connectivity index is 2.68. The molecule has 1 aromatic heterocycles. The van der Waals surface area contributed by atoms with Crippen LogP contribution in [-0.2, 0) is 0 Å². The Morgan fingerprint density at radius 1 is 1.33 bits per heavy atom. The largest absolute Gasteiger partial charge is 0.144 e. The molecule has 0 spiro atoms. The van der Waals surface area contributed by atoms with Gasteiger partial charge in [0.1, 0.15) is 0 Å². The number of fused-ring (bicyclic) bond motifs is 1. The average molecular weight is 174 g/mol. The predicted octanol–water partition coefficient (Wildman–Crippen LogP) is 3.93. The van der Waals surface area contributed by atoms with Crippen LogP contribution in [0.3, 0.4) is 0 Å². The van der Waals surface area contributed by atoms with Gasteiger partial charge in [0.05, 0.1) is 0 Å². The first-order chi connectivity index (χ1) is 5.77. The lowest BCUT2D eigenvalue weighted by Gasteiger charge is -1.98. The molecule has 0 unspecified atom stereocenters. The highest BCUT2D eigenvalue weighted by molar-refractivity contribution is 7.17. The van der Waals surface area contributed by atoms with Crippen molar-refractivity contribution in [2.75, 3.05) is 0 Å². The Hall–Kier alpha value is -1.08. The van der Waals surface area contributed by atoms with E-state index in [9.17, 15) is 0 Å². The highest BCUT2D eigenvalue weighted by Crippen LogP contribution is 2.24. The first-order valence-electron chi connectivity index (χ1n) is 3.90. The zero-order valence-corrected chi connectivity index (χ0v) is 7.82. The Bertz CT molecular complexity index is 423. The van der Waals surface area contributed by atoms with Gasteiger partial charge in [-0.3, -0.25) is 0 Å². The molecule has 0 aliphatic rings. The van der Waals surface area contributed by atoms with Crippen molar-refractivity contribution >= 4 is 27.0 Å². The third kappa shape index (κ3) is 1.16. The highest BCUT2D eigenvalue weighted by Gasteiger charge is 1.96. The monoisotopic (exact) mass is 174 g/mol. The van der Waals surface area contributed by atoms with Gasteiger partial charge < -0.3 is 0 Å². The number of allylic oxidation sites excluding steroid dienone is 1.